The molecule has 6 heteroatoms. The van der Waals surface area contributed by atoms with Crippen LogP contribution in [0, 0.1) is 0 Å². The Morgan fingerprint density at radius 2 is 2.25 bits per heavy atom. The summed E-state index contributed by atoms with van der Waals surface area (Å²) < 4.78 is 0. The van der Waals surface area contributed by atoms with E-state index in [2.05, 4.69) is 5.32 Å². The predicted octanol–water partition coefficient (Wildman–Crippen LogP) is 0.932. The molecule has 0 spiro atoms. The molecule has 2 aliphatic heterocycles. The van der Waals surface area contributed by atoms with Gasteiger partial charge < -0.3 is 15.3 Å². The molecule has 5 nitrogen and oxygen atoms in total. The van der Waals surface area contributed by atoms with Gasteiger partial charge in [-0.1, -0.05) is 12.1 Å². The quantitative estimate of drug-likeness (QED) is 0.849. The lowest BCUT2D eigenvalue weighted by Gasteiger charge is -2.25. The number of hydrogen-bond acceptors (Lipinski definition) is 4. The molecule has 0 unspecified atom stereocenters. The van der Waals surface area contributed by atoms with Gasteiger partial charge in [-0.25, -0.2) is 4.79 Å². The van der Waals surface area contributed by atoms with E-state index in [0.717, 1.165) is 30.6 Å². The number of carbonyl (C=O) groups is 2. The van der Waals surface area contributed by atoms with Gasteiger partial charge in [-0.2, -0.15) is 0 Å². The molecule has 0 radical (unpaired) electrons. The van der Waals surface area contributed by atoms with E-state index >= 15 is 0 Å². The average molecular weight is 292 g/mol. The highest BCUT2D eigenvalue weighted by Crippen LogP contribution is 2.26. The molecule has 1 atom stereocenters. The highest BCUT2D eigenvalue weighted by molar-refractivity contribution is 7.99. The number of fused-ring (bicyclic) bond motifs is 1. The molecule has 1 fully saturated rings. The molecule has 0 aliphatic carbocycles. The largest absolute Gasteiger partial charge is 0.480 e. The molecule has 106 valence electrons. The number of amides is 1. The van der Waals surface area contributed by atoms with Crippen LogP contribution in [-0.2, 0) is 17.8 Å². The minimum atomic E-state index is -0.921. The van der Waals surface area contributed by atoms with Gasteiger partial charge in [0.05, 0.1) is 5.88 Å². The predicted molar refractivity (Wildman–Crippen MR) is 76.8 cm³/mol. The van der Waals surface area contributed by atoms with Gasteiger partial charge in [0.1, 0.15) is 6.04 Å². The maximum absolute atomic E-state index is 12.7. The number of benzene rings is 1. The average Bonchev–Trinajstić information content (AvgIpc) is 2.95. The second kappa shape index (κ2) is 5.46. The minimum absolute atomic E-state index is 0.152. The van der Waals surface area contributed by atoms with Gasteiger partial charge in [0.25, 0.3) is 5.91 Å². The summed E-state index contributed by atoms with van der Waals surface area (Å²) >= 11 is 1.49. The fourth-order valence-corrected chi connectivity index (χ4v) is 3.88. The number of carbonyl (C=O) groups excluding carboxylic acids is 1. The molecule has 1 amide bonds. The number of carboxylic acids is 1. The van der Waals surface area contributed by atoms with Crippen molar-refractivity contribution in [3.8, 4) is 0 Å². The Balaban J connectivity index is 1.93. The van der Waals surface area contributed by atoms with Gasteiger partial charge in [-0.05, 0) is 30.2 Å². The van der Waals surface area contributed by atoms with Crippen molar-refractivity contribution in [2.24, 2.45) is 0 Å². The van der Waals surface area contributed by atoms with Crippen molar-refractivity contribution in [2.75, 3.05) is 18.2 Å². The van der Waals surface area contributed by atoms with Gasteiger partial charge >= 0.3 is 5.97 Å². The van der Waals surface area contributed by atoms with Gasteiger partial charge in [-0.15, -0.1) is 11.8 Å². The lowest BCUT2D eigenvalue weighted by atomic mass is 9.94. The van der Waals surface area contributed by atoms with E-state index in [1.54, 1.807) is 0 Å². The third-order valence-corrected chi connectivity index (χ3v) is 4.81. The molecule has 0 saturated carbocycles. The second-order valence-electron chi connectivity index (χ2n) is 5.00. The third kappa shape index (κ3) is 2.29. The maximum atomic E-state index is 12.7. The van der Waals surface area contributed by atoms with Crippen molar-refractivity contribution >= 4 is 23.6 Å². The molecule has 0 bridgehead atoms. The normalized spacial score (nSPS) is 21.6. The van der Waals surface area contributed by atoms with Gasteiger partial charge in [0.15, 0.2) is 0 Å². The van der Waals surface area contributed by atoms with Crippen LogP contribution in [0.4, 0.5) is 0 Å². The molecule has 1 aromatic carbocycles. The Bertz CT molecular complexity index is 561. The molecule has 2 N–H and O–H groups in total. The number of nitrogens with zero attached hydrogens (tertiary/aromatic N) is 1. The van der Waals surface area contributed by atoms with Crippen LogP contribution in [0.5, 0.6) is 0 Å². The fourth-order valence-electron chi connectivity index (χ4n) is 2.73. The summed E-state index contributed by atoms with van der Waals surface area (Å²) in [4.78, 5) is 25.4. The zero-order valence-electron chi connectivity index (χ0n) is 11.0. The molecule has 2 heterocycles. The van der Waals surface area contributed by atoms with Crippen molar-refractivity contribution in [1.29, 1.82) is 0 Å². The summed E-state index contributed by atoms with van der Waals surface area (Å²) in [7, 11) is 0. The van der Waals surface area contributed by atoms with Gasteiger partial charge in [-0.3, -0.25) is 4.79 Å². The highest BCUT2D eigenvalue weighted by atomic mass is 32.2. The van der Waals surface area contributed by atoms with Crippen LogP contribution in [-0.4, -0.2) is 46.1 Å². The van der Waals surface area contributed by atoms with Crippen molar-refractivity contribution in [3.63, 3.8) is 0 Å². The van der Waals surface area contributed by atoms with Crippen LogP contribution in [0.1, 0.15) is 21.5 Å². The van der Waals surface area contributed by atoms with Crippen LogP contribution in [0.2, 0.25) is 0 Å². The van der Waals surface area contributed by atoms with Gasteiger partial charge in [0.2, 0.25) is 0 Å². The molecular formula is C14H16N2O3S. The van der Waals surface area contributed by atoms with E-state index < -0.39 is 12.0 Å². The molecule has 1 saturated heterocycles. The van der Waals surface area contributed by atoms with E-state index in [4.69, 9.17) is 0 Å². The zero-order valence-corrected chi connectivity index (χ0v) is 11.8. The van der Waals surface area contributed by atoms with E-state index in [9.17, 15) is 14.7 Å². The zero-order chi connectivity index (χ0) is 14.1. The first kappa shape index (κ1) is 13.5. The Morgan fingerprint density at radius 1 is 1.40 bits per heavy atom. The van der Waals surface area contributed by atoms with E-state index in [1.165, 1.54) is 16.7 Å². The molecule has 20 heavy (non-hydrogen) atoms. The first-order valence-corrected chi connectivity index (χ1v) is 7.77. The molecule has 3 rings (SSSR count). The van der Waals surface area contributed by atoms with Crippen molar-refractivity contribution in [3.05, 3.63) is 34.9 Å². The van der Waals surface area contributed by atoms with Crippen LogP contribution in [0.15, 0.2) is 18.2 Å². The number of nitrogens with one attached hydrogen (secondary N) is 1. The number of rotatable bonds is 2. The summed E-state index contributed by atoms with van der Waals surface area (Å²) in [6, 6.07) is 5.00. The lowest BCUT2D eigenvalue weighted by molar-refractivity contribution is -0.140. The standard InChI is InChI=1S/C14H16N2O3S/c17-13(16-8-20-7-12(16)14(18)19)11-3-1-2-9-6-15-5-4-10(9)11/h1-3,12,15H,4-8H2,(H,18,19)/t12-/m0/s1. The first-order chi connectivity index (χ1) is 9.68. The Kier molecular flexibility index (Phi) is 3.67. The minimum Gasteiger partial charge on any atom is -0.480 e. The van der Waals surface area contributed by atoms with Crippen LogP contribution in [0.25, 0.3) is 0 Å². The van der Waals surface area contributed by atoms with E-state index in [1.807, 2.05) is 18.2 Å². The summed E-state index contributed by atoms with van der Waals surface area (Å²) in [5.41, 5.74) is 2.87. The monoisotopic (exact) mass is 292 g/mol. The Morgan fingerprint density at radius 3 is 3.05 bits per heavy atom. The number of thioether (sulfide) groups is 1. The van der Waals surface area contributed by atoms with Crippen LogP contribution in [0.3, 0.4) is 0 Å². The number of aliphatic carboxylic acids is 1. The fraction of sp³-hybridized carbons (Fsp3) is 0.429. The molecule has 2 aliphatic rings. The number of carboxylic acid groups (broad SMARTS) is 1. The van der Waals surface area contributed by atoms with Crippen molar-refractivity contribution in [1.82, 2.24) is 10.2 Å². The Hall–Kier alpha value is -1.53. The van der Waals surface area contributed by atoms with E-state index in [0.29, 0.717) is 17.2 Å². The molecular weight excluding hydrogens is 276 g/mol. The van der Waals surface area contributed by atoms with Crippen LogP contribution >= 0.6 is 11.8 Å². The van der Waals surface area contributed by atoms with Crippen molar-refractivity contribution in [2.45, 2.75) is 19.0 Å². The second-order valence-corrected chi connectivity index (χ2v) is 6.00. The topological polar surface area (TPSA) is 69.6 Å². The van der Waals surface area contributed by atoms with E-state index in [-0.39, 0.29) is 5.91 Å². The van der Waals surface area contributed by atoms with Crippen molar-refractivity contribution < 1.29 is 14.7 Å². The summed E-state index contributed by atoms with van der Waals surface area (Å²) in [6.45, 7) is 1.63. The smallest absolute Gasteiger partial charge is 0.327 e. The molecule has 1 aromatic rings. The lowest BCUT2D eigenvalue weighted by Crippen LogP contribution is -2.42. The summed E-state index contributed by atoms with van der Waals surface area (Å²) in [5, 5.41) is 12.5. The Labute approximate surface area is 121 Å². The maximum Gasteiger partial charge on any atom is 0.327 e. The van der Waals surface area contributed by atoms with Crippen LogP contribution < -0.4 is 5.32 Å². The highest BCUT2D eigenvalue weighted by Gasteiger charge is 2.36. The SMILES string of the molecule is O=C(O)[C@@H]1CSCN1C(=O)c1cccc2c1CCNC2. The molecule has 0 aromatic heterocycles. The van der Waals surface area contributed by atoms with Gasteiger partial charge in [0, 0.05) is 17.9 Å². The first-order valence-electron chi connectivity index (χ1n) is 6.61. The summed E-state index contributed by atoms with van der Waals surface area (Å²) in [6.07, 6.45) is 0.815. The summed E-state index contributed by atoms with van der Waals surface area (Å²) in [5.74, 6) is -0.147. The third-order valence-electron chi connectivity index (χ3n) is 3.80. The number of hydrogen-bond donors (Lipinski definition) is 2.